The van der Waals surface area contributed by atoms with E-state index < -0.39 is 11.7 Å². The minimum absolute atomic E-state index is 0.0565. The van der Waals surface area contributed by atoms with Crippen molar-refractivity contribution >= 4 is 25.2 Å². The fraction of sp³-hybridized carbons (Fsp3) is 0.889. The Morgan fingerprint density at radius 3 is 1.84 bits per heavy atom. The van der Waals surface area contributed by atoms with Gasteiger partial charge >= 0.3 is 13.2 Å². The molecule has 1 atom stereocenters. The van der Waals surface area contributed by atoms with Crippen molar-refractivity contribution in [3.8, 4) is 0 Å². The minimum Gasteiger partial charge on any atom is -0.444 e. The maximum Gasteiger partial charge on any atom is 0.457 e. The second kappa shape index (κ2) is 13.8. The maximum atomic E-state index is 12.5. The van der Waals surface area contributed by atoms with E-state index in [2.05, 4.69) is 53.8 Å². The van der Waals surface area contributed by atoms with Crippen molar-refractivity contribution < 1.29 is 28.4 Å². The van der Waals surface area contributed by atoms with Crippen LogP contribution in [0.25, 0.3) is 0 Å². The maximum absolute atomic E-state index is 12.5. The lowest BCUT2D eigenvalue weighted by atomic mass is 9.66. The lowest BCUT2D eigenvalue weighted by Crippen LogP contribution is -2.57. The van der Waals surface area contributed by atoms with Gasteiger partial charge in [0.2, 0.25) is 12.0 Å². The number of hydrogen-bond donors (Lipinski definition) is 2. The molecule has 1 unspecified atom stereocenters. The summed E-state index contributed by atoms with van der Waals surface area (Å²) in [5.74, 6) is 0.0565. The van der Waals surface area contributed by atoms with E-state index in [0.29, 0.717) is 6.54 Å². The molecule has 0 saturated carbocycles. The number of rotatable bonds is 10. The van der Waals surface area contributed by atoms with Gasteiger partial charge in [0, 0.05) is 26.1 Å². The summed E-state index contributed by atoms with van der Waals surface area (Å²) in [5, 5.41) is 8.26. The molecule has 2 N–H and O–H groups in total. The second-order valence-electron chi connectivity index (χ2n) is 12.9. The molecular formula is C27H52BN3O6. The highest BCUT2D eigenvalue weighted by atomic mass is 16.7. The number of alkyl carbamates (subject to hydrolysis) is 1. The number of amides is 2. The fourth-order valence-corrected chi connectivity index (χ4v) is 4.71. The van der Waals surface area contributed by atoms with Gasteiger partial charge in [-0.25, -0.2) is 15.0 Å². The van der Waals surface area contributed by atoms with Gasteiger partial charge in [-0.3, -0.25) is 4.79 Å². The Kier molecular flexibility index (Phi) is 13.1. The third-order valence-corrected chi connectivity index (χ3v) is 7.53. The number of carbonyl (C=O) groups is 2. The number of carbonyl (C=O) groups excluding carboxylic acids is 3. The van der Waals surface area contributed by atoms with Gasteiger partial charge in [-0.2, -0.15) is 0 Å². The van der Waals surface area contributed by atoms with Crippen LogP contribution < -0.4 is 5.32 Å². The van der Waals surface area contributed by atoms with Gasteiger partial charge in [-0.15, -0.1) is 0 Å². The number of nitrogens with zero attached hydrogens (tertiary/aromatic N) is 1. The first-order valence-corrected chi connectivity index (χ1v) is 13.3. The summed E-state index contributed by atoms with van der Waals surface area (Å²) in [4.78, 5) is 34.8. The van der Waals surface area contributed by atoms with Gasteiger partial charge in [0.05, 0.1) is 11.2 Å². The molecule has 214 valence electrons. The molecule has 0 aromatic heterocycles. The molecule has 0 aromatic carbocycles. The van der Waals surface area contributed by atoms with E-state index in [1.54, 1.807) is 6.92 Å². The molecule has 1 saturated heterocycles. The zero-order valence-corrected chi connectivity index (χ0v) is 25.4. The lowest BCUT2D eigenvalue weighted by molar-refractivity contribution is -0.139. The molecule has 0 spiro atoms. The fourth-order valence-electron chi connectivity index (χ4n) is 4.71. The van der Waals surface area contributed by atoms with Gasteiger partial charge in [-0.1, -0.05) is 33.6 Å². The van der Waals surface area contributed by atoms with Crippen LogP contribution in [0.15, 0.2) is 0 Å². The third kappa shape index (κ3) is 10.8. The highest BCUT2D eigenvalue weighted by Crippen LogP contribution is 2.44. The average Bonchev–Trinajstić information content (AvgIpc) is 2.90. The Morgan fingerprint density at radius 1 is 0.973 bits per heavy atom. The highest BCUT2D eigenvalue weighted by Gasteiger charge is 2.51. The van der Waals surface area contributed by atoms with Crippen LogP contribution in [0.1, 0.15) is 108 Å². The van der Waals surface area contributed by atoms with Crippen molar-refractivity contribution in [3.63, 3.8) is 0 Å². The quantitative estimate of drug-likeness (QED) is 0.163. The van der Waals surface area contributed by atoms with Crippen LogP contribution >= 0.6 is 0 Å². The Morgan fingerprint density at radius 2 is 1.43 bits per heavy atom. The van der Waals surface area contributed by atoms with E-state index in [-0.39, 0.29) is 35.2 Å². The summed E-state index contributed by atoms with van der Waals surface area (Å²) >= 11 is 0. The van der Waals surface area contributed by atoms with Gasteiger partial charge in [-0.05, 0) is 79.5 Å². The van der Waals surface area contributed by atoms with Crippen LogP contribution in [-0.4, -0.2) is 66.0 Å². The van der Waals surface area contributed by atoms with E-state index in [9.17, 15) is 9.59 Å². The summed E-state index contributed by atoms with van der Waals surface area (Å²) in [7, 11) is 1.71. The van der Waals surface area contributed by atoms with Crippen LogP contribution in [0.5, 0.6) is 0 Å². The molecule has 1 heterocycles. The van der Waals surface area contributed by atoms with E-state index in [4.69, 9.17) is 24.2 Å². The second-order valence-corrected chi connectivity index (χ2v) is 12.9. The normalized spacial score (nSPS) is 18.1. The molecule has 37 heavy (non-hydrogen) atoms. The molecule has 1 rings (SSSR count). The van der Waals surface area contributed by atoms with E-state index in [1.807, 2.05) is 32.7 Å². The van der Waals surface area contributed by atoms with Crippen molar-refractivity contribution in [1.29, 1.82) is 5.41 Å². The summed E-state index contributed by atoms with van der Waals surface area (Å²) in [6.07, 6.45) is 5.51. The first-order valence-electron chi connectivity index (χ1n) is 13.3. The SMILES string of the molecule is CC(=O)N(C)C(CCCCB1OC(C)(C)C(C)(C)O1)(CCCNC(=O)OC(C)(C)C)C(C)(C)C.N=C=O. The zero-order chi connectivity index (χ0) is 29.3. The molecule has 1 aliphatic heterocycles. The summed E-state index contributed by atoms with van der Waals surface area (Å²) in [6.45, 7) is 22.6. The Bertz CT molecular complexity index is 766. The number of unbranched alkanes of at least 4 members (excludes halogenated alkanes) is 1. The van der Waals surface area contributed by atoms with Crippen molar-refractivity contribution in [2.75, 3.05) is 13.6 Å². The van der Waals surface area contributed by atoms with Gasteiger partial charge in [0.25, 0.3) is 0 Å². The van der Waals surface area contributed by atoms with Crippen LogP contribution in [0.4, 0.5) is 4.79 Å². The first kappa shape index (κ1) is 35.1. The zero-order valence-electron chi connectivity index (χ0n) is 25.4. The smallest absolute Gasteiger partial charge is 0.444 e. The molecule has 0 aromatic rings. The molecule has 0 bridgehead atoms. The summed E-state index contributed by atoms with van der Waals surface area (Å²) < 4.78 is 17.6. The van der Waals surface area contributed by atoms with Gasteiger partial charge in [0.15, 0.2) is 0 Å². The molecule has 1 fully saturated rings. The van der Waals surface area contributed by atoms with Crippen LogP contribution in [0, 0.1) is 10.8 Å². The molecule has 10 heteroatoms. The van der Waals surface area contributed by atoms with Crippen molar-refractivity contribution in [1.82, 2.24) is 10.2 Å². The van der Waals surface area contributed by atoms with Gasteiger partial charge in [0.1, 0.15) is 5.60 Å². The van der Waals surface area contributed by atoms with Crippen molar-refractivity contribution in [3.05, 3.63) is 0 Å². The number of hydrogen-bond acceptors (Lipinski definition) is 7. The highest BCUT2D eigenvalue weighted by molar-refractivity contribution is 6.45. The largest absolute Gasteiger partial charge is 0.457 e. The van der Waals surface area contributed by atoms with Crippen LogP contribution in [0.2, 0.25) is 6.32 Å². The van der Waals surface area contributed by atoms with Crippen molar-refractivity contribution in [2.24, 2.45) is 5.41 Å². The lowest BCUT2D eigenvalue weighted by Gasteiger charge is -2.51. The topological polar surface area (TPSA) is 118 Å². The number of isocyanates is 1. The standard InChI is InChI=1S/C26H51BN2O5.CHNO/c1-20(30)29(12)26(22(2,3)4,17-15-19-28-21(31)32-23(5,6)7)16-13-14-18-27-33-24(8,9)25(10,11)34-27;2-1-3/h13-19H2,1-12H3,(H,28,31);2H. The van der Waals surface area contributed by atoms with Crippen molar-refractivity contribution in [2.45, 2.75) is 137 Å². The number of ether oxygens (including phenoxy) is 1. The molecule has 1 aliphatic rings. The Balaban J connectivity index is 0.00000410. The van der Waals surface area contributed by atoms with Crippen LogP contribution in [0.3, 0.4) is 0 Å². The first-order chi connectivity index (χ1) is 16.7. The summed E-state index contributed by atoms with van der Waals surface area (Å²) in [6, 6.07) is 0. The minimum atomic E-state index is -0.523. The van der Waals surface area contributed by atoms with E-state index >= 15 is 0 Å². The average molecular weight is 526 g/mol. The third-order valence-electron chi connectivity index (χ3n) is 7.53. The van der Waals surface area contributed by atoms with Gasteiger partial charge < -0.3 is 24.3 Å². The molecule has 9 nitrogen and oxygen atoms in total. The molecule has 2 amide bonds. The van der Waals surface area contributed by atoms with Crippen LogP contribution in [-0.2, 0) is 23.6 Å². The Hall–Kier alpha value is -1.90. The Labute approximate surface area is 225 Å². The molecular weight excluding hydrogens is 473 g/mol. The van der Waals surface area contributed by atoms with E-state index in [1.165, 1.54) is 0 Å². The predicted octanol–water partition coefficient (Wildman–Crippen LogP) is 5.72. The van der Waals surface area contributed by atoms with E-state index in [0.717, 1.165) is 44.5 Å². The number of nitrogens with one attached hydrogen (secondary N) is 2. The summed E-state index contributed by atoms with van der Waals surface area (Å²) in [5.41, 5.74) is -1.62. The predicted molar refractivity (Wildman–Crippen MR) is 147 cm³/mol. The molecule has 0 aliphatic carbocycles. The monoisotopic (exact) mass is 525 g/mol. The molecule has 0 radical (unpaired) electrons.